The van der Waals surface area contributed by atoms with Crippen molar-refractivity contribution in [2.75, 3.05) is 0 Å². The number of benzene rings is 1. The highest BCUT2D eigenvalue weighted by atomic mass is 32.1. The van der Waals surface area contributed by atoms with E-state index in [1.165, 1.54) is 0 Å². The van der Waals surface area contributed by atoms with Crippen molar-refractivity contribution in [2.45, 2.75) is 52.0 Å². The van der Waals surface area contributed by atoms with Crippen LogP contribution in [0.2, 0.25) is 0 Å². The number of hydrogen-bond donors (Lipinski definition) is 1. The van der Waals surface area contributed by atoms with Crippen LogP contribution in [-0.4, -0.2) is 26.4 Å². The van der Waals surface area contributed by atoms with Crippen LogP contribution in [0, 0.1) is 4.64 Å². The number of aliphatic hydroxyl groups excluding tert-OH is 1. The van der Waals surface area contributed by atoms with E-state index in [4.69, 9.17) is 17.0 Å². The molecule has 5 heteroatoms. The summed E-state index contributed by atoms with van der Waals surface area (Å²) in [6.07, 6.45) is 0.288. The summed E-state index contributed by atoms with van der Waals surface area (Å²) in [4.78, 5) is 4.64. The molecule has 3 rings (SSSR count). The molecule has 1 aliphatic rings. The van der Waals surface area contributed by atoms with E-state index in [-0.39, 0.29) is 5.60 Å². The zero-order valence-corrected chi connectivity index (χ0v) is 14.6. The predicted molar refractivity (Wildman–Crippen MR) is 92.7 cm³/mol. The minimum absolute atomic E-state index is 0.246. The van der Waals surface area contributed by atoms with Crippen molar-refractivity contribution in [3.05, 3.63) is 46.2 Å². The molecule has 0 aliphatic carbocycles. The summed E-state index contributed by atoms with van der Waals surface area (Å²) in [5, 5.41) is 9.97. The molecule has 4 nitrogen and oxygen atoms in total. The maximum Gasteiger partial charge on any atom is 0.141 e. The van der Waals surface area contributed by atoms with E-state index in [0.29, 0.717) is 17.8 Å². The van der Waals surface area contributed by atoms with E-state index >= 15 is 0 Å². The van der Waals surface area contributed by atoms with Gasteiger partial charge in [-0.3, -0.25) is 0 Å². The highest BCUT2D eigenvalue weighted by molar-refractivity contribution is 7.71. The number of fused-ring (bicyclic) bond motifs is 1. The van der Waals surface area contributed by atoms with Gasteiger partial charge in [0, 0.05) is 23.2 Å². The predicted octanol–water partition coefficient (Wildman–Crippen LogP) is 3.51. The van der Waals surface area contributed by atoms with E-state index in [0.717, 1.165) is 29.1 Å². The second-order valence-corrected chi connectivity index (χ2v) is 7.10. The Morgan fingerprint density at radius 2 is 2.04 bits per heavy atom. The SMILES string of the molecule is CC(O)Cn1c(-c2ccccc2)nc(=S)c2c1CC(C)(C)OC2. The van der Waals surface area contributed by atoms with Crippen molar-refractivity contribution in [3.63, 3.8) is 0 Å². The van der Waals surface area contributed by atoms with Crippen molar-refractivity contribution in [2.24, 2.45) is 0 Å². The molecule has 0 saturated carbocycles. The van der Waals surface area contributed by atoms with Crippen molar-refractivity contribution >= 4 is 12.2 Å². The lowest BCUT2D eigenvalue weighted by Gasteiger charge is -2.34. The molecule has 2 aromatic rings. The Bertz CT molecular complexity index is 767. The molecule has 0 radical (unpaired) electrons. The fourth-order valence-corrected chi connectivity index (χ4v) is 3.24. The lowest BCUT2D eigenvalue weighted by atomic mass is 9.95. The third-order valence-corrected chi connectivity index (χ3v) is 4.41. The molecular weight excluding hydrogens is 308 g/mol. The molecule has 0 fully saturated rings. The first kappa shape index (κ1) is 16.3. The molecule has 0 bridgehead atoms. The maximum absolute atomic E-state index is 9.97. The molecule has 1 aromatic heterocycles. The van der Waals surface area contributed by atoms with Gasteiger partial charge in [-0.15, -0.1) is 0 Å². The number of ether oxygens (including phenoxy) is 1. The second-order valence-electron chi connectivity index (χ2n) is 6.72. The lowest BCUT2D eigenvalue weighted by molar-refractivity contribution is -0.0432. The van der Waals surface area contributed by atoms with Gasteiger partial charge in [-0.05, 0) is 20.8 Å². The summed E-state index contributed by atoms with van der Waals surface area (Å²) >= 11 is 5.51. The van der Waals surface area contributed by atoms with Crippen molar-refractivity contribution in [3.8, 4) is 11.4 Å². The van der Waals surface area contributed by atoms with Gasteiger partial charge in [0.25, 0.3) is 0 Å². The smallest absolute Gasteiger partial charge is 0.141 e. The standard InChI is InChI=1S/C18H22N2O2S/c1-12(21)10-20-15-9-18(2,3)22-11-14(15)17(23)19-16(20)13-7-5-4-6-8-13/h4-8,12,21H,9-11H2,1-3H3. The van der Waals surface area contributed by atoms with Crippen LogP contribution in [0.3, 0.4) is 0 Å². The van der Waals surface area contributed by atoms with Crippen LogP contribution in [0.4, 0.5) is 0 Å². The van der Waals surface area contributed by atoms with Gasteiger partial charge >= 0.3 is 0 Å². The van der Waals surface area contributed by atoms with Gasteiger partial charge in [-0.25, -0.2) is 4.98 Å². The highest BCUT2D eigenvalue weighted by Crippen LogP contribution is 2.31. The quantitative estimate of drug-likeness (QED) is 0.875. The minimum atomic E-state index is -0.463. The number of aromatic nitrogens is 2. The Morgan fingerprint density at radius 1 is 1.35 bits per heavy atom. The molecule has 1 aliphatic heterocycles. The van der Waals surface area contributed by atoms with Crippen LogP contribution in [0.15, 0.2) is 30.3 Å². The molecule has 23 heavy (non-hydrogen) atoms. The van der Waals surface area contributed by atoms with Gasteiger partial charge in [0.05, 0.1) is 24.9 Å². The van der Waals surface area contributed by atoms with E-state index in [9.17, 15) is 5.11 Å². The van der Waals surface area contributed by atoms with Crippen LogP contribution in [0.5, 0.6) is 0 Å². The summed E-state index contributed by atoms with van der Waals surface area (Å²) in [7, 11) is 0. The Labute approximate surface area is 141 Å². The number of nitrogens with zero attached hydrogens (tertiary/aromatic N) is 2. The second kappa shape index (κ2) is 6.15. The zero-order valence-electron chi connectivity index (χ0n) is 13.7. The fraction of sp³-hybridized carbons (Fsp3) is 0.444. The minimum Gasteiger partial charge on any atom is -0.392 e. The summed E-state index contributed by atoms with van der Waals surface area (Å²) in [6, 6.07) is 9.99. The molecule has 0 amide bonds. The molecular formula is C18H22N2O2S. The van der Waals surface area contributed by atoms with E-state index in [2.05, 4.69) is 23.4 Å². The van der Waals surface area contributed by atoms with Crippen LogP contribution in [0.25, 0.3) is 11.4 Å². The number of aliphatic hydroxyl groups is 1. The number of hydrogen-bond acceptors (Lipinski definition) is 4. The molecule has 1 N–H and O–H groups in total. The van der Waals surface area contributed by atoms with Crippen LogP contribution in [0.1, 0.15) is 32.0 Å². The maximum atomic E-state index is 9.97. The zero-order chi connectivity index (χ0) is 16.6. The van der Waals surface area contributed by atoms with Crippen LogP contribution >= 0.6 is 12.2 Å². The van der Waals surface area contributed by atoms with Gasteiger partial charge in [0.15, 0.2) is 0 Å². The van der Waals surface area contributed by atoms with Crippen LogP contribution < -0.4 is 0 Å². The first-order valence-corrected chi connectivity index (χ1v) is 8.28. The molecule has 122 valence electrons. The van der Waals surface area contributed by atoms with E-state index in [1.807, 2.05) is 30.3 Å². The van der Waals surface area contributed by atoms with E-state index < -0.39 is 6.10 Å². The first-order valence-electron chi connectivity index (χ1n) is 7.87. The lowest BCUT2D eigenvalue weighted by Crippen LogP contribution is -2.36. The Morgan fingerprint density at radius 3 is 2.70 bits per heavy atom. The Balaban J connectivity index is 2.24. The third kappa shape index (κ3) is 3.37. The first-order chi connectivity index (χ1) is 10.9. The monoisotopic (exact) mass is 330 g/mol. The fourth-order valence-electron chi connectivity index (χ4n) is 2.98. The topological polar surface area (TPSA) is 47.3 Å². The largest absolute Gasteiger partial charge is 0.392 e. The molecule has 1 unspecified atom stereocenters. The summed E-state index contributed by atoms with van der Waals surface area (Å²) in [5.41, 5.74) is 2.86. The Kier molecular flexibility index (Phi) is 4.36. The van der Waals surface area contributed by atoms with Crippen molar-refractivity contribution in [1.82, 2.24) is 9.55 Å². The van der Waals surface area contributed by atoms with Gasteiger partial charge < -0.3 is 14.4 Å². The highest BCUT2D eigenvalue weighted by Gasteiger charge is 2.30. The van der Waals surface area contributed by atoms with E-state index in [1.54, 1.807) is 6.92 Å². The van der Waals surface area contributed by atoms with Crippen molar-refractivity contribution in [1.29, 1.82) is 0 Å². The van der Waals surface area contributed by atoms with Gasteiger partial charge in [-0.2, -0.15) is 0 Å². The normalized spacial score (nSPS) is 17.6. The molecule has 0 saturated heterocycles. The summed E-state index contributed by atoms with van der Waals surface area (Å²) in [6.45, 7) is 6.91. The Hall–Kier alpha value is -1.56. The van der Waals surface area contributed by atoms with Crippen molar-refractivity contribution < 1.29 is 9.84 Å². The molecule has 0 spiro atoms. The average molecular weight is 330 g/mol. The molecule has 1 atom stereocenters. The number of rotatable bonds is 3. The van der Waals surface area contributed by atoms with Gasteiger partial charge in [0.2, 0.25) is 0 Å². The summed E-state index contributed by atoms with van der Waals surface area (Å²) < 4.78 is 8.60. The summed E-state index contributed by atoms with van der Waals surface area (Å²) in [5.74, 6) is 0.813. The third-order valence-electron chi connectivity index (χ3n) is 4.07. The molecule has 1 aromatic carbocycles. The average Bonchev–Trinajstić information content (AvgIpc) is 2.49. The van der Waals surface area contributed by atoms with Gasteiger partial charge in [0.1, 0.15) is 10.5 Å². The van der Waals surface area contributed by atoms with Gasteiger partial charge in [-0.1, -0.05) is 42.5 Å². The molecule has 2 heterocycles. The van der Waals surface area contributed by atoms with Crippen LogP contribution in [-0.2, 0) is 24.3 Å².